The number of nitrogens with zero attached hydrogens (tertiary/aromatic N) is 1. The highest BCUT2D eigenvalue weighted by Gasteiger charge is 2.02. The average molecular weight is 437 g/mol. The quantitative estimate of drug-likeness (QED) is 0.293. The second kappa shape index (κ2) is 10.3. The molecular weight excluding hydrogens is 413 g/mol. The number of benzene rings is 2. The summed E-state index contributed by atoms with van der Waals surface area (Å²) in [6, 6.07) is 13.3. The predicted octanol–water partition coefficient (Wildman–Crippen LogP) is 6.10. The van der Waals surface area contributed by atoms with Crippen molar-refractivity contribution in [3.63, 3.8) is 0 Å². The lowest BCUT2D eigenvalue weighted by Gasteiger charge is -2.07. The van der Waals surface area contributed by atoms with Gasteiger partial charge in [-0.15, -0.1) is 0 Å². The van der Waals surface area contributed by atoms with Crippen molar-refractivity contribution in [2.75, 3.05) is 6.61 Å². The van der Waals surface area contributed by atoms with Gasteiger partial charge in [0.1, 0.15) is 11.5 Å². The molecule has 0 unspecified atom stereocenters. The minimum atomic E-state index is 0.188. The molecule has 0 heterocycles. The number of phenols is 1. The molecule has 0 atom stereocenters. The molecule has 2 aromatic carbocycles. The number of aromatic hydroxyl groups is 1. The molecule has 0 fully saturated rings. The van der Waals surface area contributed by atoms with Gasteiger partial charge in [-0.2, -0.15) is 0 Å². The highest BCUT2D eigenvalue weighted by Crippen LogP contribution is 2.23. The SMILES string of the molecule is CCCCCCCOc1ccc(C=Nc2ccc(I)cc2)c(O)c1. The van der Waals surface area contributed by atoms with Crippen molar-refractivity contribution in [2.45, 2.75) is 39.0 Å². The molecule has 0 aromatic heterocycles. The van der Waals surface area contributed by atoms with E-state index in [1.165, 1.54) is 29.3 Å². The first kappa shape index (κ1) is 18.8. The van der Waals surface area contributed by atoms with E-state index in [0.29, 0.717) is 17.9 Å². The maximum Gasteiger partial charge on any atom is 0.128 e. The van der Waals surface area contributed by atoms with Crippen LogP contribution in [0.15, 0.2) is 47.5 Å². The summed E-state index contributed by atoms with van der Waals surface area (Å²) in [4.78, 5) is 4.38. The van der Waals surface area contributed by atoms with Gasteiger partial charge in [-0.25, -0.2) is 0 Å². The van der Waals surface area contributed by atoms with E-state index < -0.39 is 0 Å². The third kappa shape index (κ3) is 6.51. The molecule has 0 amide bonds. The van der Waals surface area contributed by atoms with E-state index in [9.17, 15) is 5.11 Å². The lowest BCUT2D eigenvalue weighted by atomic mass is 10.2. The van der Waals surface area contributed by atoms with Crippen LogP contribution in [0.25, 0.3) is 0 Å². The van der Waals surface area contributed by atoms with Gasteiger partial charge in [0, 0.05) is 21.4 Å². The summed E-state index contributed by atoms with van der Waals surface area (Å²) in [5.74, 6) is 0.891. The Morgan fingerprint density at radius 1 is 1.04 bits per heavy atom. The number of hydrogen-bond donors (Lipinski definition) is 1. The zero-order chi connectivity index (χ0) is 17.2. The number of unbranched alkanes of at least 4 members (excludes halogenated alkanes) is 4. The van der Waals surface area contributed by atoms with Gasteiger partial charge in [-0.1, -0.05) is 32.6 Å². The fourth-order valence-electron chi connectivity index (χ4n) is 2.29. The zero-order valence-corrected chi connectivity index (χ0v) is 16.2. The lowest BCUT2D eigenvalue weighted by molar-refractivity contribution is 0.303. The second-order valence-electron chi connectivity index (χ2n) is 5.72. The molecule has 0 aliphatic rings. The number of aliphatic imine (C=N–C) groups is 1. The third-order valence-electron chi connectivity index (χ3n) is 3.70. The first-order chi connectivity index (χ1) is 11.7. The molecule has 4 heteroatoms. The van der Waals surface area contributed by atoms with Crippen LogP contribution in [0.1, 0.15) is 44.6 Å². The van der Waals surface area contributed by atoms with E-state index >= 15 is 0 Å². The van der Waals surface area contributed by atoms with Crippen LogP contribution in [-0.2, 0) is 0 Å². The molecule has 2 rings (SSSR count). The van der Waals surface area contributed by atoms with Crippen LogP contribution >= 0.6 is 22.6 Å². The van der Waals surface area contributed by atoms with Crippen LogP contribution in [0, 0.1) is 3.57 Å². The van der Waals surface area contributed by atoms with Crippen LogP contribution in [0.2, 0.25) is 0 Å². The molecule has 24 heavy (non-hydrogen) atoms. The Morgan fingerprint density at radius 2 is 1.79 bits per heavy atom. The van der Waals surface area contributed by atoms with Gasteiger partial charge < -0.3 is 9.84 Å². The van der Waals surface area contributed by atoms with Crippen LogP contribution < -0.4 is 4.74 Å². The Morgan fingerprint density at radius 3 is 2.50 bits per heavy atom. The van der Waals surface area contributed by atoms with Crippen LogP contribution in [0.5, 0.6) is 11.5 Å². The number of hydrogen-bond acceptors (Lipinski definition) is 3. The monoisotopic (exact) mass is 437 g/mol. The summed E-state index contributed by atoms with van der Waals surface area (Å²) in [7, 11) is 0. The largest absolute Gasteiger partial charge is 0.507 e. The standard InChI is InChI=1S/C20H24INO2/c1-2-3-4-5-6-13-24-19-12-7-16(20(23)14-19)15-22-18-10-8-17(21)9-11-18/h7-12,14-15,23H,2-6,13H2,1H3. The predicted molar refractivity (Wildman–Crippen MR) is 109 cm³/mol. The summed E-state index contributed by atoms with van der Waals surface area (Å²) in [5, 5.41) is 10.1. The van der Waals surface area contributed by atoms with E-state index in [4.69, 9.17) is 4.74 Å². The Hall–Kier alpha value is -1.56. The van der Waals surface area contributed by atoms with Gasteiger partial charge in [0.2, 0.25) is 0 Å². The van der Waals surface area contributed by atoms with Gasteiger partial charge in [-0.3, -0.25) is 4.99 Å². The normalized spacial score (nSPS) is 11.1. The van der Waals surface area contributed by atoms with Crippen molar-refractivity contribution < 1.29 is 9.84 Å². The summed E-state index contributed by atoms with van der Waals surface area (Å²) in [6.07, 6.45) is 7.72. The Kier molecular flexibility index (Phi) is 8.08. The Balaban J connectivity index is 1.86. The fraction of sp³-hybridized carbons (Fsp3) is 0.350. The van der Waals surface area contributed by atoms with Crippen molar-refractivity contribution in [1.82, 2.24) is 0 Å². The molecule has 0 aliphatic carbocycles. The highest BCUT2D eigenvalue weighted by atomic mass is 127. The third-order valence-corrected chi connectivity index (χ3v) is 4.42. The highest BCUT2D eigenvalue weighted by molar-refractivity contribution is 14.1. The van der Waals surface area contributed by atoms with E-state index in [0.717, 1.165) is 12.1 Å². The van der Waals surface area contributed by atoms with Gasteiger partial charge in [0.25, 0.3) is 0 Å². The van der Waals surface area contributed by atoms with Gasteiger partial charge in [0.15, 0.2) is 0 Å². The van der Waals surface area contributed by atoms with E-state index in [1.54, 1.807) is 12.3 Å². The topological polar surface area (TPSA) is 41.8 Å². The fourth-order valence-corrected chi connectivity index (χ4v) is 2.65. The molecule has 3 nitrogen and oxygen atoms in total. The van der Waals surface area contributed by atoms with Crippen LogP contribution in [0.4, 0.5) is 5.69 Å². The van der Waals surface area contributed by atoms with E-state index in [-0.39, 0.29) is 5.75 Å². The summed E-state index contributed by atoms with van der Waals surface area (Å²) in [6.45, 7) is 2.90. The van der Waals surface area contributed by atoms with E-state index in [1.807, 2.05) is 36.4 Å². The maximum atomic E-state index is 10.1. The minimum Gasteiger partial charge on any atom is -0.507 e. The van der Waals surface area contributed by atoms with Crippen LogP contribution in [0.3, 0.4) is 0 Å². The van der Waals surface area contributed by atoms with Crippen molar-refractivity contribution >= 4 is 34.5 Å². The summed E-state index contributed by atoms with van der Waals surface area (Å²) >= 11 is 2.26. The average Bonchev–Trinajstić information content (AvgIpc) is 2.59. The number of phenolic OH excluding ortho intramolecular Hbond substituents is 1. The molecule has 128 valence electrons. The van der Waals surface area contributed by atoms with Crippen LogP contribution in [-0.4, -0.2) is 17.9 Å². The minimum absolute atomic E-state index is 0.188. The molecule has 0 spiro atoms. The number of rotatable bonds is 9. The van der Waals surface area contributed by atoms with Crippen molar-refractivity contribution in [1.29, 1.82) is 0 Å². The zero-order valence-electron chi connectivity index (χ0n) is 14.0. The summed E-state index contributed by atoms with van der Waals surface area (Å²) < 4.78 is 6.86. The number of ether oxygens (including phenoxy) is 1. The molecule has 2 aromatic rings. The first-order valence-electron chi connectivity index (χ1n) is 8.44. The molecule has 0 bridgehead atoms. The van der Waals surface area contributed by atoms with Gasteiger partial charge >= 0.3 is 0 Å². The second-order valence-corrected chi connectivity index (χ2v) is 6.96. The van der Waals surface area contributed by atoms with Crippen molar-refractivity contribution in [2.24, 2.45) is 4.99 Å². The molecular formula is C20H24INO2. The van der Waals surface area contributed by atoms with Gasteiger partial charge in [-0.05, 0) is 65.4 Å². The van der Waals surface area contributed by atoms with Crippen molar-refractivity contribution in [3.05, 3.63) is 51.6 Å². The molecule has 0 saturated heterocycles. The molecule has 0 radical (unpaired) electrons. The summed E-state index contributed by atoms with van der Waals surface area (Å²) in [5.41, 5.74) is 1.55. The smallest absolute Gasteiger partial charge is 0.128 e. The Labute approximate surface area is 157 Å². The maximum absolute atomic E-state index is 10.1. The van der Waals surface area contributed by atoms with Gasteiger partial charge in [0.05, 0.1) is 12.3 Å². The molecule has 1 N–H and O–H groups in total. The first-order valence-corrected chi connectivity index (χ1v) is 9.52. The van der Waals surface area contributed by atoms with E-state index in [2.05, 4.69) is 34.5 Å². The lowest BCUT2D eigenvalue weighted by Crippen LogP contribution is -1.97. The number of halogens is 1. The van der Waals surface area contributed by atoms with Crippen molar-refractivity contribution in [3.8, 4) is 11.5 Å². The Bertz CT molecular complexity index is 653. The molecule has 0 saturated carbocycles. The molecule has 0 aliphatic heterocycles.